The first-order valence-electron chi connectivity index (χ1n) is 6.48. The Morgan fingerprint density at radius 3 is 2.81 bits per heavy atom. The summed E-state index contributed by atoms with van der Waals surface area (Å²) in [5.74, 6) is 0.348. The average Bonchev–Trinajstić information content (AvgIpc) is 2.44. The summed E-state index contributed by atoms with van der Waals surface area (Å²) in [4.78, 5) is 16.5. The van der Waals surface area contributed by atoms with Gasteiger partial charge in [0.1, 0.15) is 5.82 Å². The van der Waals surface area contributed by atoms with Crippen LogP contribution in [0.1, 0.15) is 22.8 Å². The van der Waals surface area contributed by atoms with Crippen molar-refractivity contribution in [2.24, 2.45) is 0 Å². The van der Waals surface area contributed by atoms with E-state index in [0.29, 0.717) is 22.1 Å². The number of amides is 1. The number of hydrogen-bond donors (Lipinski definition) is 2. The summed E-state index contributed by atoms with van der Waals surface area (Å²) in [6.45, 7) is 4.66. The van der Waals surface area contributed by atoms with E-state index in [0.717, 1.165) is 16.6 Å². The standard InChI is InChI=1S/C15H15BrClN3O/c1-3-18-14-7-10(12(17)8-19-14)15(21)20-13-5-4-9(2)6-11(13)16/h4-8H,3H2,1-2H3,(H,18,19)(H,20,21). The third kappa shape index (κ3) is 3.95. The zero-order chi connectivity index (χ0) is 15.4. The van der Waals surface area contributed by atoms with Gasteiger partial charge in [-0.05, 0) is 53.5 Å². The Morgan fingerprint density at radius 1 is 1.38 bits per heavy atom. The molecule has 1 aromatic heterocycles. The van der Waals surface area contributed by atoms with Gasteiger partial charge >= 0.3 is 0 Å². The molecule has 0 unspecified atom stereocenters. The lowest BCUT2D eigenvalue weighted by Crippen LogP contribution is -2.14. The van der Waals surface area contributed by atoms with E-state index in [1.165, 1.54) is 6.20 Å². The van der Waals surface area contributed by atoms with Crippen molar-refractivity contribution in [3.05, 3.63) is 51.1 Å². The second-order valence-corrected chi connectivity index (χ2v) is 5.78. The summed E-state index contributed by atoms with van der Waals surface area (Å²) >= 11 is 9.49. The van der Waals surface area contributed by atoms with Crippen LogP contribution in [-0.2, 0) is 0 Å². The van der Waals surface area contributed by atoms with E-state index in [2.05, 4.69) is 31.5 Å². The minimum atomic E-state index is -0.272. The molecule has 1 aromatic carbocycles. The predicted octanol–water partition coefficient (Wildman–Crippen LogP) is 4.49. The van der Waals surface area contributed by atoms with E-state index in [1.54, 1.807) is 6.07 Å². The zero-order valence-electron chi connectivity index (χ0n) is 11.7. The summed E-state index contributed by atoms with van der Waals surface area (Å²) in [7, 11) is 0. The minimum absolute atomic E-state index is 0.272. The molecule has 0 spiro atoms. The number of rotatable bonds is 4. The van der Waals surface area contributed by atoms with Gasteiger partial charge in [0.25, 0.3) is 5.91 Å². The third-order valence-corrected chi connectivity index (χ3v) is 3.79. The number of anilines is 2. The molecule has 0 aliphatic carbocycles. The first kappa shape index (κ1) is 15.8. The molecule has 1 amide bonds. The van der Waals surface area contributed by atoms with Gasteiger partial charge in [0, 0.05) is 17.2 Å². The van der Waals surface area contributed by atoms with Crippen molar-refractivity contribution in [2.75, 3.05) is 17.2 Å². The fraction of sp³-hybridized carbons (Fsp3) is 0.200. The van der Waals surface area contributed by atoms with Crippen molar-refractivity contribution in [1.29, 1.82) is 0 Å². The van der Waals surface area contributed by atoms with Crippen molar-refractivity contribution in [3.8, 4) is 0 Å². The second-order valence-electron chi connectivity index (χ2n) is 4.52. The Bertz CT molecular complexity index is 676. The molecule has 0 aliphatic rings. The Morgan fingerprint density at radius 2 is 2.14 bits per heavy atom. The highest BCUT2D eigenvalue weighted by molar-refractivity contribution is 9.10. The normalized spacial score (nSPS) is 10.3. The van der Waals surface area contributed by atoms with Crippen LogP contribution >= 0.6 is 27.5 Å². The molecule has 6 heteroatoms. The number of carbonyl (C=O) groups excluding carboxylic acids is 1. The number of aryl methyl sites for hydroxylation is 1. The molecule has 2 rings (SSSR count). The topological polar surface area (TPSA) is 54.0 Å². The molecule has 1 heterocycles. The number of pyridine rings is 1. The molecule has 0 fully saturated rings. The molecule has 4 nitrogen and oxygen atoms in total. The smallest absolute Gasteiger partial charge is 0.257 e. The van der Waals surface area contributed by atoms with E-state index in [9.17, 15) is 4.79 Å². The van der Waals surface area contributed by atoms with Gasteiger partial charge in [0.05, 0.1) is 16.3 Å². The molecule has 2 N–H and O–H groups in total. The van der Waals surface area contributed by atoms with Gasteiger partial charge in [-0.3, -0.25) is 4.79 Å². The van der Waals surface area contributed by atoms with Crippen LogP contribution in [0, 0.1) is 6.92 Å². The van der Waals surface area contributed by atoms with Gasteiger partial charge in [0.2, 0.25) is 0 Å². The minimum Gasteiger partial charge on any atom is -0.370 e. The largest absolute Gasteiger partial charge is 0.370 e. The maximum absolute atomic E-state index is 12.4. The summed E-state index contributed by atoms with van der Waals surface area (Å²) in [5.41, 5.74) is 2.19. The molecular formula is C15H15BrClN3O. The zero-order valence-corrected chi connectivity index (χ0v) is 14.0. The maximum atomic E-state index is 12.4. The molecule has 0 saturated carbocycles. The van der Waals surface area contributed by atoms with Gasteiger partial charge < -0.3 is 10.6 Å². The Labute approximate surface area is 137 Å². The van der Waals surface area contributed by atoms with E-state index >= 15 is 0 Å². The highest BCUT2D eigenvalue weighted by atomic mass is 79.9. The summed E-state index contributed by atoms with van der Waals surface area (Å²) in [6.07, 6.45) is 1.47. The number of nitrogens with zero attached hydrogens (tertiary/aromatic N) is 1. The van der Waals surface area contributed by atoms with Crippen LogP contribution in [0.3, 0.4) is 0 Å². The molecular weight excluding hydrogens is 354 g/mol. The Hall–Kier alpha value is -1.59. The van der Waals surface area contributed by atoms with Crippen molar-refractivity contribution in [2.45, 2.75) is 13.8 Å². The third-order valence-electron chi connectivity index (χ3n) is 2.83. The number of hydrogen-bond acceptors (Lipinski definition) is 3. The molecule has 2 aromatic rings. The number of nitrogens with one attached hydrogen (secondary N) is 2. The van der Waals surface area contributed by atoms with E-state index in [1.807, 2.05) is 32.0 Å². The molecule has 21 heavy (non-hydrogen) atoms. The quantitative estimate of drug-likeness (QED) is 0.836. The highest BCUT2D eigenvalue weighted by Crippen LogP contribution is 2.25. The fourth-order valence-corrected chi connectivity index (χ4v) is 2.58. The van der Waals surface area contributed by atoms with Crippen LogP contribution in [0.15, 0.2) is 34.9 Å². The first-order valence-corrected chi connectivity index (χ1v) is 7.65. The Balaban J connectivity index is 2.25. The van der Waals surface area contributed by atoms with Crippen LogP contribution in [0.5, 0.6) is 0 Å². The lowest BCUT2D eigenvalue weighted by molar-refractivity contribution is 0.102. The van der Waals surface area contributed by atoms with Crippen LogP contribution < -0.4 is 10.6 Å². The van der Waals surface area contributed by atoms with Crippen LogP contribution in [0.25, 0.3) is 0 Å². The van der Waals surface area contributed by atoms with Crippen molar-refractivity contribution in [3.63, 3.8) is 0 Å². The fourth-order valence-electron chi connectivity index (χ4n) is 1.80. The number of halogens is 2. The lowest BCUT2D eigenvalue weighted by Gasteiger charge is -2.10. The molecule has 0 saturated heterocycles. The number of carbonyl (C=O) groups is 1. The molecule has 110 valence electrons. The summed E-state index contributed by atoms with van der Waals surface area (Å²) < 4.78 is 0.827. The van der Waals surface area contributed by atoms with Crippen molar-refractivity contribution >= 4 is 44.9 Å². The highest BCUT2D eigenvalue weighted by Gasteiger charge is 2.13. The molecule has 0 radical (unpaired) electrons. The Kier molecular flexibility index (Phi) is 5.20. The summed E-state index contributed by atoms with van der Waals surface area (Å²) in [6, 6.07) is 7.35. The first-order chi connectivity index (χ1) is 10.0. The molecule has 0 atom stereocenters. The van der Waals surface area contributed by atoms with Crippen molar-refractivity contribution in [1.82, 2.24) is 4.98 Å². The monoisotopic (exact) mass is 367 g/mol. The van der Waals surface area contributed by atoms with Gasteiger partial charge in [0.15, 0.2) is 0 Å². The van der Waals surface area contributed by atoms with Gasteiger partial charge in [-0.1, -0.05) is 17.7 Å². The van der Waals surface area contributed by atoms with Gasteiger partial charge in [-0.15, -0.1) is 0 Å². The molecule has 0 aliphatic heterocycles. The van der Waals surface area contributed by atoms with Gasteiger partial charge in [-0.25, -0.2) is 4.98 Å². The maximum Gasteiger partial charge on any atom is 0.257 e. The number of benzene rings is 1. The van der Waals surface area contributed by atoms with E-state index < -0.39 is 0 Å². The predicted molar refractivity (Wildman–Crippen MR) is 90.2 cm³/mol. The summed E-state index contributed by atoms with van der Waals surface area (Å²) in [5, 5.41) is 6.21. The van der Waals surface area contributed by atoms with Gasteiger partial charge in [-0.2, -0.15) is 0 Å². The van der Waals surface area contributed by atoms with E-state index in [-0.39, 0.29) is 5.91 Å². The van der Waals surface area contributed by atoms with Crippen LogP contribution in [0.2, 0.25) is 5.02 Å². The lowest BCUT2D eigenvalue weighted by atomic mass is 10.2. The van der Waals surface area contributed by atoms with Crippen LogP contribution in [-0.4, -0.2) is 17.4 Å². The van der Waals surface area contributed by atoms with E-state index in [4.69, 9.17) is 11.6 Å². The molecule has 0 bridgehead atoms. The number of aromatic nitrogens is 1. The SMILES string of the molecule is CCNc1cc(C(=O)Nc2ccc(C)cc2Br)c(Cl)cn1. The average molecular weight is 369 g/mol. The van der Waals surface area contributed by atoms with Crippen LogP contribution in [0.4, 0.5) is 11.5 Å². The second kappa shape index (κ2) is 6.91. The van der Waals surface area contributed by atoms with Crippen molar-refractivity contribution < 1.29 is 4.79 Å².